The second kappa shape index (κ2) is 5.67. The molecule has 4 N–H and O–H groups in total. The average molecular weight is 314 g/mol. The summed E-state index contributed by atoms with van der Waals surface area (Å²) in [6.45, 7) is 0. The van der Waals surface area contributed by atoms with E-state index >= 15 is 0 Å². The predicted molar refractivity (Wildman–Crippen MR) is 72.8 cm³/mol. The Hall–Kier alpha value is -1.14. The van der Waals surface area contributed by atoms with Crippen molar-refractivity contribution in [3.63, 3.8) is 0 Å². The molecular formula is C12H16BrN3O2. The molecule has 2 atom stereocenters. The van der Waals surface area contributed by atoms with E-state index in [2.05, 4.69) is 26.2 Å². The van der Waals surface area contributed by atoms with Crippen LogP contribution in [0.1, 0.15) is 36.0 Å². The van der Waals surface area contributed by atoms with Crippen molar-refractivity contribution in [1.82, 2.24) is 4.98 Å². The number of hydrogen-bond acceptors (Lipinski definition) is 4. The highest BCUT2D eigenvalue weighted by atomic mass is 79.9. The molecule has 2 unspecified atom stereocenters. The van der Waals surface area contributed by atoms with Gasteiger partial charge in [0.25, 0.3) is 0 Å². The van der Waals surface area contributed by atoms with Gasteiger partial charge in [-0.05, 0) is 34.8 Å². The van der Waals surface area contributed by atoms with Crippen molar-refractivity contribution in [2.45, 2.75) is 37.8 Å². The van der Waals surface area contributed by atoms with Crippen LogP contribution in [0.25, 0.3) is 0 Å². The van der Waals surface area contributed by atoms with Gasteiger partial charge in [0, 0.05) is 22.8 Å². The number of nitrogens with zero attached hydrogens (tertiary/aromatic N) is 1. The highest BCUT2D eigenvalue weighted by molar-refractivity contribution is 9.10. The van der Waals surface area contributed by atoms with Gasteiger partial charge in [-0.25, -0.2) is 9.78 Å². The second-order valence-electron chi connectivity index (χ2n) is 4.55. The summed E-state index contributed by atoms with van der Waals surface area (Å²) < 4.78 is 0.651. The minimum atomic E-state index is -0.990. The lowest BCUT2D eigenvalue weighted by Crippen LogP contribution is -2.43. The second-order valence-corrected chi connectivity index (χ2v) is 5.47. The maximum absolute atomic E-state index is 11.2. The van der Waals surface area contributed by atoms with Crippen LogP contribution in [-0.2, 0) is 0 Å². The summed E-state index contributed by atoms with van der Waals surface area (Å²) in [7, 11) is 0. The Morgan fingerprint density at radius 2 is 2.22 bits per heavy atom. The van der Waals surface area contributed by atoms with Crippen LogP contribution in [0.15, 0.2) is 16.7 Å². The van der Waals surface area contributed by atoms with Crippen LogP contribution < -0.4 is 11.1 Å². The van der Waals surface area contributed by atoms with E-state index in [0.717, 1.165) is 25.7 Å². The fourth-order valence-electron chi connectivity index (χ4n) is 2.23. The average Bonchev–Trinajstić information content (AvgIpc) is 2.34. The van der Waals surface area contributed by atoms with Gasteiger partial charge in [-0.3, -0.25) is 0 Å². The third-order valence-electron chi connectivity index (χ3n) is 3.23. The van der Waals surface area contributed by atoms with Crippen molar-refractivity contribution in [2.75, 3.05) is 5.32 Å². The molecule has 1 heterocycles. The maximum Gasteiger partial charge on any atom is 0.339 e. The van der Waals surface area contributed by atoms with Gasteiger partial charge >= 0.3 is 5.97 Å². The topological polar surface area (TPSA) is 88.2 Å². The Morgan fingerprint density at radius 3 is 2.89 bits per heavy atom. The summed E-state index contributed by atoms with van der Waals surface area (Å²) in [6, 6.07) is 1.71. The molecule has 5 nitrogen and oxygen atoms in total. The maximum atomic E-state index is 11.2. The Balaban J connectivity index is 2.20. The normalized spacial score (nSPS) is 23.7. The van der Waals surface area contributed by atoms with Crippen LogP contribution in [0.2, 0.25) is 0 Å². The van der Waals surface area contributed by atoms with Crippen LogP contribution in [0.5, 0.6) is 0 Å². The smallest absolute Gasteiger partial charge is 0.339 e. The summed E-state index contributed by atoms with van der Waals surface area (Å²) in [5.74, 6) is -0.594. The van der Waals surface area contributed by atoms with Crippen LogP contribution in [0.3, 0.4) is 0 Å². The lowest BCUT2D eigenvalue weighted by atomic mass is 9.91. The first-order chi connectivity index (χ1) is 8.58. The Kier molecular flexibility index (Phi) is 4.19. The van der Waals surface area contributed by atoms with Crippen molar-refractivity contribution in [3.05, 3.63) is 22.3 Å². The number of hydrogen-bond donors (Lipinski definition) is 3. The molecular weight excluding hydrogens is 298 g/mol. The van der Waals surface area contributed by atoms with E-state index in [-0.39, 0.29) is 17.6 Å². The highest BCUT2D eigenvalue weighted by Gasteiger charge is 2.23. The van der Waals surface area contributed by atoms with E-state index in [9.17, 15) is 4.79 Å². The molecule has 18 heavy (non-hydrogen) atoms. The molecule has 1 aromatic heterocycles. The molecule has 1 aromatic rings. The van der Waals surface area contributed by atoms with Crippen LogP contribution in [0.4, 0.5) is 5.82 Å². The van der Waals surface area contributed by atoms with E-state index in [1.165, 1.54) is 0 Å². The summed E-state index contributed by atoms with van der Waals surface area (Å²) in [5, 5.41) is 12.3. The first kappa shape index (κ1) is 13.3. The van der Waals surface area contributed by atoms with Crippen molar-refractivity contribution in [1.29, 1.82) is 0 Å². The zero-order valence-corrected chi connectivity index (χ0v) is 11.5. The van der Waals surface area contributed by atoms with Crippen molar-refractivity contribution < 1.29 is 9.90 Å². The van der Waals surface area contributed by atoms with E-state index in [0.29, 0.717) is 10.3 Å². The number of nitrogens with two attached hydrogens (primary N) is 1. The fraction of sp³-hybridized carbons (Fsp3) is 0.500. The number of carboxylic acid groups (broad SMARTS) is 1. The first-order valence-corrected chi connectivity index (χ1v) is 6.78. The molecule has 6 heteroatoms. The fourth-order valence-corrected chi connectivity index (χ4v) is 2.56. The molecule has 0 radical (unpaired) electrons. The summed E-state index contributed by atoms with van der Waals surface area (Å²) >= 11 is 3.22. The van der Waals surface area contributed by atoms with Crippen LogP contribution in [0, 0.1) is 0 Å². The van der Waals surface area contributed by atoms with E-state index in [4.69, 9.17) is 10.8 Å². The number of carboxylic acids is 1. The lowest BCUT2D eigenvalue weighted by molar-refractivity contribution is 0.0697. The van der Waals surface area contributed by atoms with Gasteiger partial charge in [0.15, 0.2) is 0 Å². The third kappa shape index (κ3) is 3.00. The summed E-state index contributed by atoms with van der Waals surface area (Å²) in [5.41, 5.74) is 6.20. The standard InChI is InChI=1S/C12H16BrN3O2/c13-7-5-8(12(17)18)11(15-6-7)16-10-4-2-1-3-9(10)14/h5-6,9-10H,1-4,14H2,(H,15,16)(H,17,18). The van der Waals surface area contributed by atoms with Gasteiger partial charge in [0.1, 0.15) is 11.4 Å². The van der Waals surface area contributed by atoms with Gasteiger partial charge < -0.3 is 16.2 Å². The third-order valence-corrected chi connectivity index (χ3v) is 3.66. The van der Waals surface area contributed by atoms with Gasteiger partial charge in [0.05, 0.1) is 0 Å². The Morgan fingerprint density at radius 1 is 1.50 bits per heavy atom. The van der Waals surface area contributed by atoms with Gasteiger partial charge in [-0.2, -0.15) is 0 Å². The summed E-state index contributed by atoms with van der Waals surface area (Å²) in [4.78, 5) is 15.3. The number of carbonyl (C=O) groups is 1. The molecule has 0 spiro atoms. The molecule has 0 bridgehead atoms. The number of anilines is 1. The zero-order chi connectivity index (χ0) is 13.1. The van der Waals surface area contributed by atoms with E-state index in [1.54, 1.807) is 12.3 Å². The van der Waals surface area contributed by atoms with Gasteiger partial charge in [-0.1, -0.05) is 12.8 Å². The SMILES string of the molecule is NC1CCCCC1Nc1ncc(Br)cc1C(=O)O. The molecule has 1 fully saturated rings. The van der Waals surface area contributed by atoms with Crippen molar-refractivity contribution in [3.8, 4) is 0 Å². The molecule has 98 valence electrons. The number of rotatable bonds is 3. The van der Waals surface area contributed by atoms with Crippen molar-refractivity contribution >= 4 is 27.7 Å². The summed E-state index contributed by atoms with van der Waals surface area (Å²) in [6.07, 6.45) is 5.76. The Bertz CT molecular complexity index is 453. The molecule has 2 rings (SSSR count). The number of aromatic carboxylic acids is 1. The number of nitrogens with one attached hydrogen (secondary N) is 1. The zero-order valence-electron chi connectivity index (χ0n) is 9.90. The quantitative estimate of drug-likeness (QED) is 0.796. The van der Waals surface area contributed by atoms with Crippen LogP contribution >= 0.6 is 15.9 Å². The van der Waals surface area contributed by atoms with Gasteiger partial charge in [0.2, 0.25) is 0 Å². The molecule has 0 amide bonds. The monoisotopic (exact) mass is 313 g/mol. The van der Waals surface area contributed by atoms with Gasteiger partial charge in [-0.15, -0.1) is 0 Å². The number of pyridine rings is 1. The van der Waals surface area contributed by atoms with E-state index in [1.807, 2.05) is 0 Å². The molecule has 1 aliphatic rings. The molecule has 0 aliphatic heterocycles. The first-order valence-electron chi connectivity index (χ1n) is 5.99. The highest BCUT2D eigenvalue weighted by Crippen LogP contribution is 2.23. The molecule has 0 aromatic carbocycles. The number of halogens is 1. The lowest BCUT2D eigenvalue weighted by Gasteiger charge is -2.30. The largest absolute Gasteiger partial charge is 0.478 e. The molecule has 1 saturated carbocycles. The van der Waals surface area contributed by atoms with Crippen molar-refractivity contribution in [2.24, 2.45) is 5.73 Å². The number of aromatic nitrogens is 1. The predicted octanol–water partition coefficient (Wildman–Crippen LogP) is 2.22. The molecule has 0 saturated heterocycles. The Labute approximate surface area is 114 Å². The molecule has 1 aliphatic carbocycles. The minimum Gasteiger partial charge on any atom is -0.478 e. The van der Waals surface area contributed by atoms with E-state index < -0.39 is 5.97 Å². The van der Waals surface area contributed by atoms with Crippen LogP contribution in [-0.4, -0.2) is 28.1 Å². The minimum absolute atomic E-state index is 0.0610.